The van der Waals surface area contributed by atoms with E-state index in [0.29, 0.717) is 0 Å². The Bertz CT molecular complexity index is 574. The van der Waals surface area contributed by atoms with Gasteiger partial charge < -0.3 is 4.90 Å². The first kappa shape index (κ1) is 16.6. The Kier molecular flexibility index (Phi) is 6.14. The van der Waals surface area contributed by atoms with Crippen LogP contribution >= 0.6 is 11.8 Å². The van der Waals surface area contributed by atoms with E-state index < -0.39 is 0 Å². The molecule has 1 heterocycles. The van der Waals surface area contributed by atoms with Crippen LogP contribution < -0.4 is 0 Å². The van der Waals surface area contributed by atoms with E-state index in [1.165, 1.54) is 48.7 Å². The van der Waals surface area contributed by atoms with Crippen LogP contribution in [-0.4, -0.2) is 48.8 Å². The number of hydrogen-bond donors (Lipinski definition) is 0. The van der Waals surface area contributed by atoms with E-state index >= 15 is 0 Å². The van der Waals surface area contributed by atoms with E-state index in [-0.39, 0.29) is 0 Å². The minimum Gasteiger partial charge on any atom is -0.300 e. The fourth-order valence-corrected chi connectivity index (χ4v) is 3.50. The van der Waals surface area contributed by atoms with Crippen molar-refractivity contribution in [2.45, 2.75) is 17.9 Å². The van der Waals surface area contributed by atoms with E-state index in [9.17, 15) is 0 Å². The van der Waals surface area contributed by atoms with E-state index in [1.807, 2.05) is 11.8 Å². The van der Waals surface area contributed by atoms with Gasteiger partial charge in [0, 0.05) is 44.2 Å². The van der Waals surface area contributed by atoms with Crippen molar-refractivity contribution in [2.75, 3.05) is 39.0 Å². The lowest BCUT2D eigenvalue weighted by atomic mass is 10.1. The first-order chi connectivity index (χ1) is 11.3. The molecule has 0 aliphatic carbocycles. The number of piperazine rings is 1. The SMILES string of the molecule is CSc1ccc(CN2CCN(CCc3ccccc3)CC2)cc1. The second-order valence-corrected chi connectivity index (χ2v) is 7.08. The largest absolute Gasteiger partial charge is 0.300 e. The summed E-state index contributed by atoms with van der Waals surface area (Å²) in [5.74, 6) is 0. The highest BCUT2D eigenvalue weighted by molar-refractivity contribution is 7.98. The zero-order valence-corrected chi connectivity index (χ0v) is 14.8. The maximum Gasteiger partial charge on any atom is 0.0234 e. The minimum absolute atomic E-state index is 1.08. The van der Waals surface area contributed by atoms with Gasteiger partial charge in [-0.15, -0.1) is 11.8 Å². The van der Waals surface area contributed by atoms with Crippen LogP contribution in [0.5, 0.6) is 0 Å². The van der Waals surface area contributed by atoms with Crippen molar-refractivity contribution >= 4 is 11.8 Å². The van der Waals surface area contributed by atoms with Gasteiger partial charge in [0.2, 0.25) is 0 Å². The van der Waals surface area contributed by atoms with Gasteiger partial charge in [0.1, 0.15) is 0 Å². The summed E-state index contributed by atoms with van der Waals surface area (Å²) in [6, 6.07) is 19.8. The highest BCUT2D eigenvalue weighted by Crippen LogP contribution is 2.16. The topological polar surface area (TPSA) is 6.48 Å². The van der Waals surface area contributed by atoms with Crippen LogP contribution in [0, 0.1) is 0 Å². The summed E-state index contributed by atoms with van der Waals surface area (Å²) < 4.78 is 0. The minimum atomic E-state index is 1.08. The molecule has 0 amide bonds. The fraction of sp³-hybridized carbons (Fsp3) is 0.400. The maximum absolute atomic E-state index is 2.60. The summed E-state index contributed by atoms with van der Waals surface area (Å²) in [4.78, 5) is 6.52. The number of thioether (sulfide) groups is 1. The van der Waals surface area contributed by atoms with Crippen molar-refractivity contribution in [3.63, 3.8) is 0 Å². The molecule has 122 valence electrons. The zero-order chi connectivity index (χ0) is 15.9. The van der Waals surface area contributed by atoms with Crippen molar-refractivity contribution in [1.82, 2.24) is 9.80 Å². The molecule has 23 heavy (non-hydrogen) atoms. The van der Waals surface area contributed by atoms with Gasteiger partial charge in [0.15, 0.2) is 0 Å². The second-order valence-electron chi connectivity index (χ2n) is 6.20. The molecule has 1 saturated heterocycles. The number of rotatable bonds is 6. The first-order valence-electron chi connectivity index (χ1n) is 8.45. The Morgan fingerprint density at radius 2 is 1.43 bits per heavy atom. The molecule has 0 unspecified atom stereocenters. The lowest BCUT2D eigenvalue weighted by Crippen LogP contribution is -2.46. The molecule has 3 rings (SSSR count). The summed E-state index contributed by atoms with van der Waals surface area (Å²) in [5.41, 5.74) is 2.88. The van der Waals surface area contributed by atoms with Gasteiger partial charge in [0.05, 0.1) is 0 Å². The first-order valence-corrected chi connectivity index (χ1v) is 9.67. The summed E-state index contributed by atoms with van der Waals surface area (Å²) >= 11 is 1.81. The van der Waals surface area contributed by atoms with Gasteiger partial charge in [-0.25, -0.2) is 0 Å². The third-order valence-corrected chi connectivity index (χ3v) is 5.33. The van der Waals surface area contributed by atoms with Crippen LogP contribution in [0.15, 0.2) is 59.5 Å². The molecule has 0 aromatic heterocycles. The lowest BCUT2D eigenvalue weighted by Gasteiger charge is -2.34. The Morgan fingerprint density at radius 3 is 2.09 bits per heavy atom. The molecule has 0 radical (unpaired) electrons. The Balaban J connectivity index is 1.41. The van der Waals surface area contributed by atoms with Crippen molar-refractivity contribution in [3.05, 3.63) is 65.7 Å². The molecule has 2 aromatic rings. The predicted molar refractivity (Wildman–Crippen MR) is 100 cm³/mol. The van der Waals surface area contributed by atoms with Gasteiger partial charge in [-0.1, -0.05) is 42.5 Å². The average molecular weight is 327 g/mol. The van der Waals surface area contributed by atoms with Crippen LogP contribution in [0.1, 0.15) is 11.1 Å². The second kappa shape index (κ2) is 8.53. The van der Waals surface area contributed by atoms with Crippen molar-refractivity contribution in [1.29, 1.82) is 0 Å². The maximum atomic E-state index is 2.60. The predicted octanol–water partition coefficient (Wildman–Crippen LogP) is 3.77. The van der Waals surface area contributed by atoms with Gasteiger partial charge in [-0.2, -0.15) is 0 Å². The van der Waals surface area contributed by atoms with E-state index in [0.717, 1.165) is 13.0 Å². The molecule has 1 aliphatic heterocycles. The van der Waals surface area contributed by atoms with Crippen molar-refractivity contribution in [2.24, 2.45) is 0 Å². The summed E-state index contributed by atoms with van der Waals surface area (Å²) in [7, 11) is 0. The highest BCUT2D eigenvalue weighted by atomic mass is 32.2. The Hall–Kier alpha value is -1.29. The highest BCUT2D eigenvalue weighted by Gasteiger charge is 2.16. The molecule has 0 bridgehead atoms. The van der Waals surface area contributed by atoms with Crippen LogP contribution in [0.2, 0.25) is 0 Å². The van der Waals surface area contributed by atoms with Crippen LogP contribution in [0.25, 0.3) is 0 Å². The number of nitrogens with zero attached hydrogens (tertiary/aromatic N) is 2. The molecule has 1 aliphatic rings. The van der Waals surface area contributed by atoms with Crippen LogP contribution in [0.3, 0.4) is 0 Å². The Morgan fingerprint density at radius 1 is 0.783 bits per heavy atom. The zero-order valence-electron chi connectivity index (χ0n) is 13.9. The molecule has 2 aromatic carbocycles. The third-order valence-electron chi connectivity index (χ3n) is 4.59. The molecule has 0 N–H and O–H groups in total. The monoisotopic (exact) mass is 326 g/mol. The molecular weight excluding hydrogens is 300 g/mol. The summed E-state index contributed by atoms with van der Waals surface area (Å²) in [6.07, 6.45) is 3.29. The molecule has 0 saturated carbocycles. The van der Waals surface area contributed by atoms with Crippen LogP contribution in [-0.2, 0) is 13.0 Å². The standard InChI is InChI=1S/C20H26N2S/c1-23-20-9-7-19(8-10-20)17-22-15-13-21(14-16-22)12-11-18-5-3-2-4-6-18/h2-10H,11-17H2,1H3. The molecule has 0 atom stereocenters. The normalized spacial score (nSPS) is 16.6. The van der Waals surface area contributed by atoms with E-state index in [4.69, 9.17) is 0 Å². The Labute approximate surface area is 144 Å². The quantitative estimate of drug-likeness (QED) is 0.746. The van der Waals surface area contributed by atoms with Gasteiger partial charge in [-0.05, 0) is 35.9 Å². The summed E-state index contributed by atoms with van der Waals surface area (Å²) in [6.45, 7) is 7.01. The molecule has 0 spiro atoms. The van der Waals surface area contributed by atoms with Gasteiger partial charge in [-0.3, -0.25) is 4.90 Å². The van der Waals surface area contributed by atoms with E-state index in [1.54, 1.807) is 0 Å². The van der Waals surface area contributed by atoms with Crippen molar-refractivity contribution in [3.8, 4) is 0 Å². The van der Waals surface area contributed by atoms with Gasteiger partial charge in [0.25, 0.3) is 0 Å². The average Bonchev–Trinajstić information content (AvgIpc) is 2.63. The third kappa shape index (κ3) is 5.10. The fourth-order valence-electron chi connectivity index (χ4n) is 3.09. The van der Waals surface area contributed by atoms with Crippen molar-refractivity contribution < 1.29 is 0 Å². The number of benzene rings is 2. The molecule has 1 fully saturated rings. The molecular formula is C20H26N2S. The molecule has 3 heteroatoms. The van der Waals surface area contributed by atoms with Gasteiger partial charge >= 0.3 is 0 Å². The lowest BCUT2D eigenvalue weighted by molar-refractivity contribution is 0.128. The summed E-state index contributed by atoms with van der Waals surface area (Å²) in [5, 5.41) is 0. The van der Waals surface area contributed by atoms with Crippen LogP contribution in [0.4, 0.5) is 0 Å². The molecule has 2 nitrogen and oxygen atoms in total. The number of hydrogen-bond acceptors (Lipinski definition) is 3. The smallest absolute Gasteiger partial charge is 0.0234 e. The van der Waals surface area contributed by atoms with E-state index in [2.05, 4.69) is 70.7 Å².